The zero-order valence-corrected chi connectivity index (χ0v) is 15.0. The minimum atomic E-state index is -0.365. The Morgan fingerprint density at radius 2 is 1.84 bits per heavy atom. The summed E-state index contributed by atoms with van der Waals surface area (Å²) < 4.78 is 4.95. The maximum atomic E-state index is 12.0. The fourth-order valence-electron chi connectivity index (χ4n) is 1.92. The van der Waals surface area contributed by atoms with Crippen molar-refractivity contribution in [1.29, 1.82) is 0 Å². The molecular formula is C19H20N2O3S. The van der Waals surface area contributed by atoms with Gasteiger partial charge in [-0.1, -0.05) is 30.3 Å². The summed E-state index contributed by atoms with van der Waals surface area (Å²) in [5.74, 6) is 0.737. The highest BCUT2D eigenvalue weighted by Gasteiger charge is 2.12. The number of ether oxygens (including phenoxy) is 1. The van der Waals surface area contributed by atoms with E-state index in [0.717, 1.165) is 11.3 Å². The highest BCUT2D eigenvalue weighted by molar-refractivity contribution is 7.99. The highest BCUT2D eigenvalue weighted by atomic mass is 32.2. The third kappa shape index (κ3) is 6.81. The Bertz CT molecular complexity index is 730. The van der Waals surface area contributed by atoms with Crippen LogP contribution in [-0.4, -0.2) is 23.3 Å². The summed E-state index contributed by atoms with van der Waals surface area (Å²) in [6.45, 7) is 3.20. The molecule has 6 heteroatoms. The summed E-state index contributed by atoms with van der Waals surface area (Å²) in [5, 5.41) is 3.76. The van der Waals surface area contributed by atoms with Gasteiger partial charge in [-0.2, -0.15) is 5.10 Å². The van der Waals surface area contributed by atoms with Crippen LogP contribution in [0.2, 0.25) is 0 Å². The number of hydrogen-bond donors (Lipinski definition) is 1. The van der Waals surface area contributed by atoms with Crippen molar-refractivity contribution in [3.8, 4) is 5.75 Å². The first-order chi connectivity index (χ1) is 12.0. The number of thioether (sulfide) groups is 1. The van der Waals surface area contributed by atoms with Gasteiger partial charge in [0.1, 0.15) is 5.75 Å². The van der Waals surface area contributed by atoms with Gasteiger partial charge in [-0.25, -0.2) is 5.43 Å². The number of carbonyl (C=O) groups excluding carboxylic acids is 2. The van der Waals surface area contributed by atoms with Gasteiger partial charge >= 0.3 is 5.97 Å². The van der Waals surface area contributed by atoms with E-state index < -0.39 is 0 Å². The lowest BCUT2D eigenvalue weighted by molar-refractivity contribution is -0.131. The van der Waals surface area contributed by atoms with Gasteiger partial charge in [-0.15, -0.1) is 11.8 Å². The molecule has 0 aliphatic rings. The molecule has 130 valence electrons. The summed E-state index contributed by atoms with van der Waals surface area (Å²) in [4.78, 5) is 22.9. The monoisotopic (exact) mass is 356 g/mol. The molecule has 1 N–H and O–H groups in total. The molecule has 1 unspecified atom stereocenters. The van der Waals surface area contributed by atoms with E-state index in [1.54, 1.807) is 42.2 Å². The maximum Gasteiger partial charge on any atom is 0.308 e. The number of amides is 1. The number of esters is 1. The molecule has 0 aliphatic carbocycles. The smallest absolute Gasteiger partial charge is 0.308 e. The quantitative estimate of drug-likeness (QED) is 0.357. The number of nitrogens with one attached hydrogen (secondary N) is 1. The first kappa shape index (κ1) is 18.7. The van der Waals surface area contributed by atoms with Crippen LogP contribution in [0.5, 0.6) is 5.75 Å². The lowest BCUT2D eigenvalue weighted by atomic mass is 10.2. The molecule has 0 fully saturated rings. The van der Waals surface area contributed by atoms with Crippen LogP contribution in [0.4, 0.5) is 0 Å². The van der Waals surface area contributed by atoms with Crippen LogP contribution < -0.4 is 10.2 Å². The van der Waals surface area contributed by atoms with Crippen molar-refractivity contribution in [2.45, 2.75) is 24.9 Å². The van der Waals surface area contributed by atoms with Gasteiger partial charge in [0, 0.05) is 12.7 Å². The van der Waals surface area contributed by atoms with Crippen LogP contribution in [0.1, 0.15) is 25.0 Å². The van der Waals surface area contributed by atoms with Gasteiger partial charge in [0.15, 0.2) is 0 Å². The molecule has 0 saturated heterocycles. The predicted octanol–water partition coefficient (Wildman–Crippen LogP) is 3.38. The number of nitrogens with zero attached hydrogens (tertiary/aromatic N) is 1. The van der Waals surface area contributed by atoms with Crippen molar-refractivity contribution < 1.29 is 14.3 Å². The van der Waals surface area contributed by atoms with Crippen LogP contribution in [0.25, 0.3) is 0 Å². The Labute approximate surface area is 151 Å². The zero-order valence-electron chi connectivity index (χ0n) is 14.1. The van der Waals surface area contributed by atoms with Gasteiger partial charge in [0.05, 0.1) is 11.5 Å². The van der Waals surface area contributed by atoms with E-state index in [4.69, 9.17) is 4.74 Å². The van der Waals surface area contributed by atoms with Crippen molar-refractivity contribution in [1.82, 2.24) is 5.43 Å². The van der Waals surface area contributed by atoms with Crippen LogP contribution in [0.15, 0.2) is 59.7 Å². The Morgan fingerprint density at radius 1 is 1.16 bits per heavy atom. The first-order valence-corrected chi connectivity index (χ1v) is 8.86. The van der Waals surface area contributed by atoms with E-state index in [2.05, 4.69) is 10.5 Å². The minimum Gasteiger partial charge on any atom is -0.427 e. The SMILES string of the molecule is CC(=O)Oc1ccc(/C=N/NC(=O)C(C)SCc2ccccc2)cc1. The Balaban J connectivity index is 1.78. The second-order valence-corrected chi connectivity index (χ2v) is 6.66. The molecule has 5 nitrogen and oxygen atoms in total. The molecule has 0 aliphatic heterocycles. The van der Waals surface area contributed by atoms with Crippen molar-refractivity contribution in [2.75, 3.05) is 0 Å². The summed E-state index contributed by atoms with van der Waals surface area (Å²) >= 11 is 1.56. The molecule has 0 saturated carbocycles. The molecule has 0 spiro atoms. The van der Waals surface area contributed by atoms with Crippen molar-refractivity contribution in [3.63, 3.8) is 0 Å². The molecule has 1 atom stereocenters. The van der Waals surface area contributed by atoms with Gasteiger partial charge in [-0.3, -0.25) is 9.59 Å². The average Bonchev–Trinajstić information content (AvgIpc) is 2.61. The third-order valence-corrected chi connectivity index (χ3v) is 4.46. The molecule has 0 radical (unpaired) electrons. The fourth-order valence-corrected chi connectivity index (χ4v) is 2.76. The second-order valence-electron chi connectivity index (χ2n) is 5.34. The maximum absolute atomic E-state index is 12.0. The summed E-state index contributed by atoms with van der Waals surface area (Å²) in [5.41, 5.74) is 4.51. The summed E-state index contributed by atoms with van der Waals surface area (Å²) in [6, 6.07) is 16.9. The molecule has 2 aromatic rings. The van der Waals surface area contributed by atoms with Gasteiger partial charge < -0.3 is 4.74 Å². The fraction of sp³-hybridized carbons (Fsp3) is 0.211. The standard InChI is InChI=1S/C19H20N2O3S/c1-14(25-13-17-6-4-3-5-7-17)19(23)21-20-12-16-8-10-18(11-9-16)24-15(2)22/h3-12,14H,13H2,1-2H3,(H,21,23)/b20-12+. The van der Waals surface area contributed by atoms with E-state index in [0.29, 0.717) is 5.75 Å². The Kier molecular flexibility index (Phi) is 7.22. The normalized spacial score (nSPS) is 11.9. The number of benzene rings is 2. The highest BCUT2D eigenvalue weighted by Crippen LogP contribution is 2.17. The van der Waals surface area contributed by atoms with Crippen molar-refractivity contribution >= 4 is 29.9 Å². The summed E-state index contributed by atoms with van der Waals surface area (Å²) in [7, 11) is 0. The van der Waals surface area contributed by atoms with Gasteiger partial charge in [0.25, 0.3) is 5.91 Å². The number of hydrazone groups is 1. The third-order valence-electron chi connectivity index (χ3n) is 3.24. The van der Waals surface area contributed by atoms with Crippen LogP contribution in [0, 0.1) is 0 Å². The molecule has 0 heterocycles. The van der Waals surface area contributed by atoms with Crippen LogP contribution in [-0.2, 0) is 15.3 Å². The molecule has 2 aromatic carbocycles. The Morgan fingerprint density at radius 3 is 2.48 bits per heavy atom. The Hall–Kier alpha value is -2.60. The number of carbonyl (C=O) groups is 2. The minimum absolute atomic E-state index is 0.145. The largest absolute Gasteiger partial charge is 0.427 e. The topological polar surface area (TPSA) is 67.8 Å². The number of hydrogen-bond acceptors (Lipinski definition) is 5. The molecule has 1 amide bonds. The molecule has 0 bridgehead atoms. The number of rotatable bonds is 7. The van der Waals surface area contributed by atoms with Crippen molar-refractivity contribution in [2.24, 2.45) is 5.10 Å². The van der Waals surface area contributed by atoms with Gasteiger partial charge in [-0.05, 0) is 42.3 Å². The summed E-state index contributed by atoms with van der Waals surface area (Å²) in [6.07, 6.45) is 1.55. The van der Waals surface area contributed by atoms with E-state index in [1.807, 2.05) is 37.3 Å². The van der Waals surface area contributed by atoms with E-state index >= 15 is 0 Å². The van der Waals surface area contributed by atoms with E-state index in [-0.39, 0.29) is 17.1 Å². The van der Waals surface area contributed by atoms with E-state index in [9.17, 15) is 9.59 Å². The molecule has 25 heavy (non-hydrogen) atoms. The predicted molar refractivity (Wildman–Crippen MR) is 101 cm³/mol. The second kappa shape index (κ2) is 9.64. The van der Waals surface area contributed by atoms with Crippen LogP contribution >= 0.6 is 11.8 Å². The average molecular weight is 356 g/mol. The lowest BCUT2D eigenvalue weighted by Gasteiger charge is -2.09. The lowest BCUT2D eigenvalue weighted by Crippen LogP contribution is -2.26. The van der Waals surface area contributed by atoms with Gasteiger partial charge in [0.2, 0.25) is 0 Å². The van der Waals surface area contributed by atoms with Crippen LogP contribution in [0.3, 0.4) is 0 Å². The molecular weight excluding hydrogens is 336 g/mol. The van der Waals surface area contributed by atoms with Crippen molar-refractivity contribution in [3.05, 3.63) is 65.7 Å². The molecule has 2 rings (SSSR count). The van der Waals surface area contributed by atoms with E-state index in [1.165, 1.54) is 12.5 Å². The zero-order chi connectivity index (χ0) is 18.1. The first-order valence-electron chi connectivity index (χ1n) is 7.81. The molecule has 0 aromatic heterocycles.